The van der Waals surface area contributed by atoms with Gasteiger partial charge in [0, 0.05) is 19.3 Å². The monoisotopic (exact) mass is 242 g/mol. The van der Waals surface area contributed by atoms with Crippen molar-refractivity contribution >= 4 is 11.9 Å². The molecular weight excluding hydrogens is 224 g/mol. The molecule has 1 saturated heterocycles. The van der Waals surface area contributed by atoms with E-state index in [1.165, 1.54) is 13.8 Å². The molecule has 0 aromatic rings. The van der Waals surface area contributed by atoms with Crippen molar-refractivity contribution in [1.82, 2.24) is 0 Å². The molecule has 96 valence electrons. The molecule has 0 radical (unpaired) electrons. The first-order valence-corrected chi connectivity index (χ1v) is 5.93. The molecule has 0 aromatic heterocycles. The van der Waals surface area contributed by atoms with Gasteiger partial charge in [0.05, 0.1) is 12.2 Å². The van der Waals surface area contributed by atoms with Crippen molar-refractivity contribution in [2.45, 2.75) is 45.3 Å². The van der Waals surface area contributed by atoms with Crippen molar-refractivity contribution in [2.24, 2.45) is 5.41 Å². The highest BCUT2D eigenvalue weighted by Crippen LogP contribution is 2.46. The van der Waals surface area contributed by atoms with E-state index >= 15 is 0 Å². The van der Waals surface area contributed by atoms with Crippen LogP contribution in [0.1, 0.15) is 33.1 Å². The molecule has 5 heteroatoms. The SMILES string of the molecule is CC(=O)OCC1(COC(C)=O)CC[C@@H]2O[C@@H]2C1. The molecule has 0 spiro atoms. The molecule has 0 unspecified atom stereocenters. The van der Waals surface area contributed by atoms with E-state index in [4.69, 9.17) is 14.2 Å². The lowest BCUT2D eigenvalue weighted by Crippen LogP contribution is -2.38. The Morgan fingerprint density at radius 1 is 1.18 bits per heavy atom. The van der Waals surface area contributed by atoms with E-state index in [1.807, 2.05) is 0 Å². The molecule has 17 heavy (non-hydrogen) atoms. The number of fused-ring (bicyclic) bond motifs is 1. The van der Waals surface area contributed by atoms with Crippen LogP contribution in [0.4, 0.5) is 0 Å². The van der Waals surface area contributed by atoms with Crippen LogP contribution in [0.25, 0.3) is 0 Å². The first-order valence-electron chi connectivity index (χ1n) is 5.93. The van der Waals surface area contributed by atoms with Gasteiger partial charge in [-0.05, 0) is 19.3 Å². The third-order valence-corrected chi connectivity index (χ3v) is 3.44. The van der Waals surface area contributed by atoms with Crippen molar-refractivity contribution in [3.8, 4) is 0 Å². The zero-order valence-corrected chi connectivity index (χ0v) is 10.2. The maximum atomic E-state index is 10.9. The largest absolute Gasteiger partial charge is 0.465 e. The lowest BCUT2D eigenvalue weighted by molar-refractivity contribution is -0.152. The summed E-state index contributed by atoms with van der Waals surface area (Å²) in [7, 11) is 0. The molecular formula is C12H18O5. The minimum atomic E-state index is -0.300. The van der Waals surface area contributed by atoms with E-state index in [9.17, 15) is 9.59 Å². The average Bonchev–Trinajstić information content (AvgIpc) is 3.02. The fourth-order valence-electron chi connectivity index (χ4n) is 2.40. The molecule has 0 N–H and O–H groups in total. The minimum Gasteiger partial charge on any atom is -0.465 e. The van der Waals surface area contributed by atoms with Gasteiger partial charge in [-0.1, -0.05) is 0 Å². The molecule has 5 nitrogen and oxygen atoms in total. The molecule has 0 amide bonds. The molecule has 1 heterocycles. The van der Waals surface area contributed by atoms with E-state index < -0.39 is 0 Å². The van der Waals surface area contributed by atoms with Gasteiger partial charge in [-0.15, -0.1) is 0 Å². The van der Waals surface area contributed by atoms with Crippen LogP contribution in [0.3, 0.4) is 0 Å². The molecule has 1 aliphatic carbocycles. The van der Waals surface area contributed by atoms with E-state index in [0.717, 1.165) is 19.3 Å². The molecule has 2 atom stereocenters. The Balaban J connectivity index is 1.94. The van der Waals surface area contributed by atoms with Crippen LogP contribution in [-0.2, 0) is 23.8 Å². The van der Waals surface area contributed by atoms with Crippen LogP contribution in [0.2, 0.25) is 0 Å². The summed E-state index contributed by atoms with van der Waals surface area (Å²) in [6, 6.07) is 0. The van der Waals surface area contributed by atoms with Crippen LogP contribution in [-0.4, -0.2) is 37.4 Å². The molecule has 0 bridgehead atoms. The molecule has 2 rings (SSSR count). The predicted molar refractivity (Wildman–Crippen MR) is 58.2 cm³/mol. The smallest absolute Gasteiger partial charge is 0.302 e. The Labute approximate surface area is 100 Å². The van der Waals surface area contributed by atoms with E-state index in [0.29, 0.717) is 19.3 Å². The predicted octanol–water partition coefficient (Wildman–Crippen LogP) is 1.05. The van der Waals surface area contributed by atoms with E-state index in [2.05, 4.69) is 0 Å². The van der Waals surface area contributed by atoms with Crippen LogP contribution in [0, 0.1) is 5.41 Å². The Morgan fingerprint density at radius 2 is 1.76 bits per heavy atom. The Morgan fingerprint density at radius 3 is 2.24 bits per heavy atom. The zero-order chi connectivity index (χ0) is 12.5. The molecule has 2 aliphatic rings. The second-order valence-electron chi connectivity index (χ2n) is 5.02. The zero-order valence-electron chi connectivity index (χ0n) is 10.2. The number of esters is 2. The molecule has 0 aromatic carbocycles. The first kappa shape index (κ1) is 12.4. The maximum Gasteiger partial charge on any atom is 0.302 e. The Kier molecular flexibility index (Phi) is 3.38. The second-order valence-corrected chi connectivity index (χ2v) is 5.02. The number of carbonyl (C=O) groups is 2. The number of ether oxygens (including phenoxy) is 3. The fraction of sp³-hybridized carbons (Fsp3) is 0.833. The first-order chi connectivity index (χ1) is 8.01. The van der Waals surface area contributed by atoms with Gasteiger partial charge in [0.15, 0.2) is 0 Å². The van der Waals surface area contributed by atoms with Gasteiger partial charge in [-0.3, -0.25) is 9.59 Å². The van der Waals surface area contributed by atoms with Gasteiger partial charge in [0.25, 0.3) is 0 Å². The van der Waals surface area contributed by atoms with Crippen molar-refractivity contribution in [3.63, 3.8) is 0 Å². The Hall–Kier alpha value is -1.10. The topological polar surface area (TPSA) is 65.1 Å². The summed E-state index contributed by atoms with van der Waals surface area (Å²) in [6.45, 7) is 3.39. The van der Waals surface area contributed by atoms with Crippen LogP contribution < -0.4 is 0 Å². The van der Waals surface area contributed by atoms with E-state index in [-0.39, 0.29) is 23.5 Å². The van der Waals surface area contributed by atoms with Crippen molar-refractivity contribution in [3.05, 3.63) is 0 Å². The van der Waals surface area contributed by atoms with Gasteiger partial charge >= 0.3 is 11.9 Å². The lowest BCUT2D eigenvalue weighted by Gasteiger charge is -2.34. The van der Waals surface area contributed by atoms with Gasteiger partial charge in [-0.2, -0.15) is 0 Å². The lowest BCUT2D eigenvalue weighted by atomic mass is 9.75. The summed E-state index contributed by atoms with van der Waals surface area (Å²) in [5.74, 6) is -0.600. The molecule has 1 saturated carbocycles. The summed E-state index contributed by atoms with van der Waals surface area (Å²) < 4.78 is 15.7. The summed E-state index contributed by atoms with van der Waals surface area (Å²) in [6.07, 6.45) is 3.26. The van der Waals surface area contributed by atoms with Gasteiger partial charge in [0.2, 0.25) is 0 Å². The van der Waals surface area contributed by atoms with Crippen molar-refractivity contribution in [2.75, 3.05) is 13.2 Å². The third-order valence-electron chi connectivity index (χ3n) is 3.44. The highest BCUT2D eigenvalue weighted by Gasteiger charge is 2.51. The standard InChI is InChI=1S/C12H18O5/c1-8(13)15-6-12(7-16-9(2)14)4-3-10-11(5-12)17-10/h10-11H,3-7H2,1-2H3/t10-,11+/m0/s1. The molecule has 2 fully saturated rings. The highest BCUT2D eigenvalue weighted by atomic mass is 16.6. The van der Waals surface area contributed by atoms with Crippen molar-refractivity contribution in [1.29, 1.82) is 0 Å². The van der Waals surface area contributed by atoms with Crippen LogP contribution >= 0.6 is 0 Å². The molecule has 1 aliphatic heterocycles. The van der Waals surface area contributed by atoms with Gasteiger partial charge in [0.1, 0.15) is 13.2 Å². The third kappa shape index (κ3) is 3.19. The average molecular weight is 242 g/mol. The number of epoxide rings is 1. The number of hydrogen-bond acceptors (Lipinski definition) is 5. The summed E-state index contributed by atoms with van der Waals surface area (Å²) in [5, 5.41) is 0. The summed E-state index contributed by atoms with van der Waals surface area (Å²) in [4.78, 5) is 21.8. The number of hydrogen-bond donors (Lipinski definition) is 0. The fourth-order valence-corrected chi connectivity index (χ4v) is 2.40. The second kappa shape index (κ2) is 4.64. The van der Waals surface area contributed by atoms with E-state index in [1.54, 1.807) is 0 Å². The van der Waals surface area contributed by atoms with Gasteiger partial charge in [-0.25, -0.2) is 0 Å². The normalized spacial score (nSPS) is 29.1. The quantitative estimate of drug-likeness (QED) is 0.544. The maximum absolute atomic E-state index is 10.9. The Bertz CT molecular complexity index is 307. The summed E-state index contributed by atoms with van der Waals surface area (Å²) >= 11 is 0. The van der Waals surface area contributed by atoms with Crippen molar-refractivity contribution < 1.29 is 23.8 Å². The van der Waals surface area contributed by atoms with Gasteiger partial charge < -0.3 is 14.2 Å². The van der Waals surface area contributed by atoms with Crippen LogP contribution in [0.5, 0.6) is 0 Å². The number of carbonyl (C=O) groups excluding carboxylic acids is 2. The highest BCUT2D eigenvalue weighted by molar-refractivity contribution is 5.66. The van der Waals surface area contributed by atoms with Crippen LogP contribution in [0.15, 0.2) is 0 Å². The number of rotatable bonds is 4. The summed E-state index contributed by atoms with van der Waals surface area (Å²) in [5.41, 5.74) is -0.255. The minimum absolute atomic E-state index is 0.255.